The summed E-state index contributed by atoms with van der Waals surface area (Å²) < 4.78 is 29.7. The molecule has 25 heavy (non-hydrogen) atoms. The Hall–Kier alpha value is -2.77. The molecule has 132 valence electrons. The number of nitrogens with one attached hydrogen (secondary N) is 1. The van der Waals surface area contributed by atoms with Crippen LogP contribution in [0.1, 0.15) is 19.3 Å². The number of nitrogens with zero attached hydrogens (tertiary/aromatic N) is 2. The summed E-state index contributed by atoms with van der Waals surface area (Å²) in [6.45, 7) is -3.05. The van der Waals surface area contributed by atoms with E-state index in [1.54, 1.807) is 12.1 Å². The molecule has 0 aliphatic heterocycles. The van der Waals surface area contributed by atoms with Gasteiger partial charge in [0.15, 0.2) is 0 Å². The maximum Gasteiger partial charge on any atom is 0.387 e. The van der Waals surface area contributed by atoms with Crippen LogP contribution in [0.3, 0.4) is 0 Å². The zero-order valence-corrected chi connectivity index (χ0v) is 13.3. The van der Waals surface area contributed by atoms with Crippen LogP contribution in [-0.2, 0) is 11.3 Å². The van der Waals surface area contributed by atoms with Gasteiger partial charge < -0.3 is 10.1 Å². The summed E-state index contributed by atoms with van der Waals surface area (Å²) >= 11 is 0. The molecule has 3 rings (SSSR count). The van der Waals surface area contributed by atoms with Crippen LogP contribution < -0.4 is 15.6 Å². The van der Waals surface area contributed by atoms with Crippen LogP contribution in [0.15, 0.2) is 41.2 Å². The third kappa shape index (κ3) is 4.40. The lowest BCUT2D eigenvalue weighted by Gasteiger charge is -2.26. The lowest BCUT2D eigenvalue weighted by atomic mass is 9.93. The van der Waals surface area contributed by atoms with Gasteiger partial charge in [-0.1, -0.05) is 0 Å². The molecule has 1 aliphatic carbocycles. The number of benzene rings is 1. The molecule has 1 heterocycles. The maximum absolute atomic E-state index is 12.2. The molecule has 1 saturated carbocycles. The van der Waals surface area contributed by atoms with Gasteiger partial charge in [0.1, 0.15) is 12.3 Å². The van der Waals surface area contributed by atoms with Crippen LogP contribution in [0.5, 0.6) is 5.75 Å². The summed E-state index contributed by atoms with van der Waals surface area (Å²) in [6, 6.07) is 8.93. The molecular weight excluding hydrogens is 332 g/mol. The summed E-state index contributed by atoms with van der Waals surface area (Å²) in [7, 11) is 0. The first kappa shape index (κ1) is 17.1. The van der Waals surface area contributed by atoms with E-state index in [9.17, 15) is 18.4 Å². The monoisotopic (exact) mass is 349 g/mol. The van der Waals surface area contributed by atoms with E-state index in [-0.39, 0.29) is 29.8 Å². The van der Waals surface area contributed by atoms with E-state index in [1.165, 1.54) is 24.3 Å². The Labute approximate surface area is 142 Å². The number of amides is 1. The summed E-state index contributed by atoms with van der Waals surface area (Å²) in [5, 5.41) is 7.03. The third-order valence-electron chi connectivity index (χ3n) is 4.01. The first-order valence-corrected chi connectivity index (χ1v) is 7.94. The fraction of sp³-hybridized carbons (Fsp3) is 0.353. The molecule has 0 atom stereocenters. The molecule has 1 aromatic carbocycles. The predicted octanol–water partition coefficient (Wildman–Crippen LogP) is 2.18. The highest BCUT2D eigenvalue weighted by Crippen LogP contribution is 2.21. The summed E-state index contributed by atoms with van der Waals surface area (Å²) in [5.74, 6) is -0.218. The lowest BCUT2D eigenvalue weighted by Crippen LogP contribution is -2.42. The number of halogens is 2. The van der Waals surface area contributed by atoms with Crippen LogP contribution in [0.25, 0.3) is 11.3 Å². The summed E-state index contributed by atoms with van der Waals surface area (Å²) in [6.07, 6.45) is 3.02. The van der Waals surface area contributed by atoms with Crippen molar-refractivity contribution in [2.75, 3.05) is 0 Å². The van der Waals surface area contributed by atoms with Crippen molar-refractivity contribution in [1.82, 2.24) is 15.1 Å². The van der Waals surface area contributed by atoms with Crippen molar-refractivity contribution in [2.45, 2.75) is 38.5 Å². The fourth-order valence-corrected chi connectivity index (χ4v) is 2.49. The van der Waals surface area contributed by atoms with Crippen LogP contribution in [0.4, 0.5) is 8.78 Å². The second-order valence-corrected chi connectivity index (χ2v) is 5.81. The Morgan fingerprint density at radius 3 is 2.56 bits per heavy atom. The third-order valence-corrected chi connectivity index (χ3v) is 4.01. The normalized spacial score (nSPS) is 14.2. The standard InChI is InChI=1S/C17H17F2N3O3/c18-17(19)25-13-6-4-11(5-7-13)14-8-9-16(24)22(21-14)10-15(23)20-12-2-1-3-12/h4-9,12,17H,1-3,10H2,(H,20,23). The Bertz CT molecular complexity index is 802. The van der Waals surface area contributed by atoms with E-state index in [4.69, 9.17) is 0 Å². The predicted molar refractivity (Wildman–Crippen MR) is 86.3 cm³/mol. The molecular formula is C17H17F2N3O3. The van der Waals surface area contributed by atoms with Crippen molar-refractivity contribution >= 4 is 5.91 Å². The topological polar surface area (TPSA) is 73.2 Å². The molecule has 1 aromatic heterocycles. The average molecular weight is 349 g/mol. The van der Waals surface area contributed by atoms with E-state index >= 15 is 0 Å². The number of aromatic nitrogens is 2. The minimum absolute atomic E-state index is 0.0342. The Balaban J connectivity index is 1.74. The van der Waals surface area contributed by atoms with Gasteiger partial charge in [-0.3, -0.25) is 9.59 Å². The molecule has 0 radical (unpaired) electrons. The van der Waals surface area contributed by atoms with Crippen LogP contribution in [0, 0.1) is 0 Å². The highest BCUT2D eigenvalue weighted by atomic mass is 19.3. The Morgan fingerprint density at radius 2 is 1.96 bits per heavy atom. The van der Waals surface area contributed by atoms with E-state index in [0.717, 1.165) is 23.9 Å². The molecule has 1 N–H and O–H groups in total. The molecule has 8 heteroatoms. The number of hydrogen-bond donors (Lipinski definition) is 1. The Kier molecular flexibility index (Phi) is 5.06. The minimum atomic E-state index is -2.89. The van der Waals surface area contributed by atoms with Gasteiger partial charge in [-0.05, 0) is 49.6 Å². The largest absolute Gasteiger partial charge is 0.435 e. The second kappa shape index (κ2) is 7.42. The Morgan fingerprint density at radius 1 is 1.24 bits per heavy atom. The molecule has 0 saturated heterocycles. The number of rotatable bonds is 6. The SMILES string of the molecule is O=C(Cn1nc(-c2ccc(OC(F)F)cc2)ccc1=O)NC1CCC1. The van der Waals surface area contributed by atoms with Gasteiger partial charge in [-0.25, -0.2) is 4.68 Å². The molecule has 0 unspecified atom stereocenters. The summed E-state index contributed by atoms with van der Waals surface area (Å²) in [4.78, 5) is 23.9. The highest BCUT2D eigenvalue weighted by molar-refractivity contribution is 5.76. The smallest absolute Gasteiger partial charge is 0.387 e. The molecule has 1 amide bonds. The fourth-order valence-electron chi connectivity index (χ4n) is 2.49. The van der Waals surface area contributed by atoms with Gasteiger partial charge in [0.25, 0.3) is 5.56 Å². The van der Waals surface area contributed by atoms with E-state index in [0.29, 0.717) is 11.3 Å². The molecule has 0 bridgehead atoms. The lowest BCUT2D eigenvalue weighted by molar-refractivity contribution is -0.123. The molecule has 6 nitrogen and oxygen atoms in total. The van der Waals surface area contributed by atoms with Gasteiger partial charge in [-0.15, -0.1) is 0 Å². The molecule has 0 spiro atoms. The van der Waals surface area contributed by atoms with E-state index in [2.05, 4.69) is 15.2 Å². The quantitative estimate of drug-likeness (QED) is 0.868. The van der Waals surface area contributed by atoms with Crippen molar-refractivity contribution < 1.29 is 18.3 Å². The van der Waals surface area contributed by atoms with Gasteiger partial charge in [0, 0.05) is 17.7 Å². The zero-order valence-electron chi connectivity index (χ0n) is 13.3. The van der Waals surface area contributed by atoms with Crippen molar-refractivity contribution in [3.05, 3.63) is 46.8 Å². The second-order valence-electron chi connectivity index (χ2n) is 5.81. The van der Waals surface area contributed by atoms with Crippen LogP contribution in [0.2, 0.25) is 0 Å². The molecule has 2 aromatic rings. The van der Waals surface area contributed by atoms with Gasteiger partial charge >= 0.3 is 6.61 Å². The van der Waals surface area contributed by atoms with E-state index < -0.39 is 6.61 Å². The van der Waals surface area contributed by atoms with Gasteiger partial charge in [-0.2, -0.15) is 13.9 Å². The number of hydrogen-bond acceptors (Lipinski definition) is 4. The molecule has 1 fully saturated rings. The summed E-state index contributed by atoms with van der Waals surface area (Å²) in [5.41, 5.74) is 0.694. The number of carbonyl (C=O) groups is 1. The maximum atomic E-state index is 12.2. The van der Waals surface area contributed by atoms with Gasteiger partial charge in [0.05, 0.1) is 5.69 Å². The van der Waals surface area contributed by atoms with Gasteiger partial charge in [0.2, 0.25) is 5.91 Å². The molecule has 1 aliphatic rings. The van der Waals surface area contributed by atoms with E-state index in [1.807, 2.05) is 0 Å². The van der Waals surface area contributed by atoms with Crippen molar-refractivity contribution in [3.8, 4) is 17.0 Å². The van der Waals surface area contributed by atoms with Crippen molar-refractivity contribution in [1.29, 1.82) is 0 Å². The minimum Gasteiger partial charge on any atom is -0.435 e. The number of ether oxygens (including phenoxy) is 1. The van der Waals surface area contributed by atoms with Crippen molar-refractivity contribution in [3.63, 3.8) is 0 Å². The van der Waals surface area contributed by atoms with Crippen LogP contribution in [-0.4, -0.2) is 28.3 Å². The number of alkyl halides is 2. The first-order chi connectivity index (χ1) is 12.0. The average Bonchev–Trinajstić information content (AvgIpc) is 2.53. The first-order valence-electron chi connectivity index (χ1n) is 7.94. The van der Waals surface area contributed by atoms with Crippen molar-refractivity contribution in [2.24, 2.45) is 0 Å². The van der Waals surface area contributed by atoms with Crippen LogP contribution >= 0.6 is 0 Å². The zero-order chi connectivity index (χ0) is 17.8. The highest BCUT2D eigenvalue weighted by Gasteiger charge is 2.19. The number of carbonyl (C=O) groups excluding carboxylic acids is 1.